The quantitative estimate of drug-likeness (QED) is 0.600. The molecule has 13 heavy (non-hydrogen) atoms. The van der Waals surface area contributed by atoms with Crippen molar-refractivity contribution in [3.63, 3.8) is 0 Å². The predicted octanol–water partition coefficient (Wildman–Crippen LogP) is 0.203. The van der Waals surface area contributed by atoms with Crippen LogP contribution in [0.1, 0.15) is 20.3 Å². The summed E-state index contributed by atoms with van der Waals surface area (Å²) in [5.74, 6) is -0.309. The Hall–Kier alpha value is -1.32. The van der Waals surface area contributed by atoms with E-state index in [9.17, 15) is 9.59 Å². The maximum absolute atomic E-state index is 11.0. The molecule has 0 aliphatic carbocycles. The minimum absolute atomic E-state index is 0.0561. The third-order valence-electron chi connectivity index (χ3n) is 1.29. The van der Waals surface area contributed by atoms with Crippen LogP contribution in [0.25, 0.3) is 0 Å². The lowest BCUT2D eigenvalue weighted by Crippen LogP contribution is -2.33. The maximum atomic E-state index is 11.0. The van der Waals surface area contributed by atoms with Crippen LogP contribution in [-0.2, 0) is 9.59 Å². The molecule has 0 aliphatic rings. The van der Waals surface area contributed by atoms with Crippen molar-refractivity contribution in [2.75, 3.05) is 6.54 Å². The first-order chi connectivity index (χ1) is 6.06. The fraction of sp³-hybridized carbons (Fsp3) is 0.556. The predicted molar refractivity (Wildman–Crippen MR) is 51.1 cm³/mol. The molecule has 0 radical (unpaired) electrons. The van der Waals surface area contributed by atoms with E-state index in [2.05, 4.69) is 17.2 Å². The fourth-order valence-corrected chi connectivity index (χ4v) is 0.766. The van der Waals surface area contributed by atoms with E-state index in [0.717, 1.165) is 0 Å². The van der Waals surface area contributed by atoms with Gasteiger partial charge in [-0.2, -0.15) is 0 Å². The van der Waals surface area contributed by atoms with Gasteiger partial charge in [-0.25, -0.2) is 0 Å². The average Bonchev–Trinajstić information content (AvgIpc) is 2.02. The first-order valence-corrected chi connectivity index (χ1v) is 4.26. The Kier molecular flexibility index (Phi) is 5.59. The van der Waals surface area contributed by atoms with Gasteiger partial charge in [-0.05, 0) is 19.9 Å². The molecule has 0 aromatic carbocycles. The van der Waals surface area contributed by atoms with Crippen molar-refractivity contribution in [2.45, 2.75) is 26.3 Å². The third-order valence-corrected chi connectivity index (χ3v) is 1.29. The molecule has 0 aromatic heterocycles. The summed E-state index contributed by atoms with van der Waals surface area (Å²) < 4.78 is 0. The highest BCUT2D eigenvalue weighted by Crippen LogP contribution is 1.82. The van der Waals surface area contributed by atoms with Crippen LogP contribution in [0, 0.1) is 0 Å². The molecule has 74 valence electrons. The molecule has 0 bridgehead atoms. The zero-order valence-corrected chi connectivity index (χ0v) is 8.09. The zero-order valence-electron chi connectivity index (χ0n) is 8.09. The van der Waals surface area contributed by atoms with Crippen molar-refractivity contribution in [1.29, 1.82) is 0 Å². The van der Waals surface area contributed by atoms with Crippen molar-refractivity contribution in [3.8, 4) is 0 Å². The van der Waals surface area contributed by atoms with Crippen molar-refractivity contribution in [3.05, 3.63) is 12.7 Å². The molecular formula is C9H16N2O2. The monoisotopic (exact) mass is 184 g/mol. The second-order valence-corrected chi connectivity index (χ2v) is 2.97. The van der Waals surface area contributed by atoms with Gasteiger partial charge in [-0.1, -0.05) is 6.58 Å². The van der Waals surface area contributed by atoms with Gasteiger partial charge in [0, 0.05) is 19.0 Å². The normalized spacial score (nSPS) is 9.46. The highest BCUT2D eigenvalue weighted by molar-refractivity contribution is 5.87. The molecule has 0 unspecified atom stereocenters. The van der Waals surface area contributed by atoms with Gasteiger partial charge in [0.2, 0.25) is 11.8 Å². The number of carbonyl (C=O) groups excluding carboxylic acids is 2. The van der Waals surface area contributed by atoms with Gasteiger partial charge in [-0.15, -0.1) is 0 Å². The Morgan fingerprint density at radius 3 is 2.54 bits per heavy atom. The van der Waals surface area contributed by atoms with Crippen LogP contribution in [0.2, 0.25) is 0 Å². The minimum Gasteiger partial charge on any atom is -0.354 e. The molecular weight excluding hydrogens is 168 g/mol. The Bertz CT molecular complexity index is 200. The standard InChI is InChI=1S/C9H16N2O2/c1-4-8(12)10-6-5-9(13)11-7(2)3/h4,7H,1,5-6H2,2-3H3,(H,10,12)(H,11,13). The van der Waals surface area contributed by atoms with Crippen LogP contribution < -0.4 is 10.6 Å². The van der Waals surface area contributed by atoms with Gasteiger partial charge in [0.1, 0.15) is 0 Å². The Balaban J connectivity index is 3.48. The molecule has 0 aliphatic heterocycles. The lowest BCUT2D eigenvalue weighted by molar-refractivity contribution is -0.121. The van der Waals surface area contributed by atoms with Gasteiger partial charge in [-0.3, -0.25) is 9.59 Å². The van der Waals surface area contributed by atoms with Crippen molar-refractivity contribution >= 4 is 11.8 Å². The molecule has 0 fully saturated rings. The van der Waals surface area contributed by atoms with Gasteiger partial charge in [0.05, 0.1) is 0 Å². The Morgan fingerprint density at radius 1 is 1.46 bits per heavy atom. The van der Waals surface area contributed by atoms with Crippen LogP contribution in [0.5, 0.6) is 0 Å². The van der Waals surface area contributed by atoms with Gasteiger partial charge in [0.25, 0.3) is 0 Å². The van der Waals surface area contributed by atoms with Gasteiger partial charge < -0.3 is 10.6 Å². The molecule has 4 nitrogen and oxygen atoms in total. The molecule has 0 heterocycles. The SMILES string of the molecule is C=CC(=O)NCCC(=O)NC(C)C. The summed E-state index contributed by atoms with van der Waals surface area (Å²) in [6, 6.07) is 0.141. The second-order valence-electron chi connectivity index (χ2n) is 2.97. The molecule has 0 saturated carbocycles. The van der Waals surface area contributed by atoms with E-state index in [4.69, 9.17) is 0 Å². The molecule has 4 heteroatoms. The van der Waals surface area contributed by atoms with E-state index >= 15 is 0 Å². The van der Waals surface area contributed by atoms with E-state index < -0.39 is 0 Å². The zero-order chi connectivity index (χ0) is 10.3. The summed E-state index contributed by atoms with van der Waals surface area (Å²) in [5, 5.41) is 5.24. The number of carbonyl (C=O) groups is 2. The topological polar surface area (TPSA) is 58.2 Å². The lowest BCUT2D eigenvalue weighted by Gasteiger charge is -2.07. The van der Waals surface area contributed by atoms with Crippen LogP contribution >= 0.6 is 0 Å². The van der Waals surface area contributed by atoms with Crippen molar-refractivity contribution in [1.82, 2.24) is 10.6 Å². The highest BCUT2D eigenvalue weighted by Gasteiger charge is 2.02. The summed E-state index contributed by atoms with van der Waals surface area (Å²) in [6.45, 7) is 7.42. The number of nitrogens with one attached hydrogen (secondary N) is 2. The smallest absolute Gasteiger partial charge is 0.243 e. The summed E-state index contributed by atoms with van der Waals surface area (Å²) in [6.07, 6.45) is 1.48. The molecule has 0 aromatic rings. The first-order valence-electron chi connectivity index (χ1n) is 4.26. The van der Waals surface area contributed by atoms with Crippen LogP contribution in [0.4, 0.5) is 0 Å². The van der Waals surface area contributed by atoms with E-state index in [-0.39, 0.29) is 17.9 Å². The Morgan fingerprint density at radius 2 is 2.08 bits per heavy atom. The molecule has 2 N–H and O–H groups in total. The molecule has 0 spiro atoms. The van der Waals surface area contributed by atoms with Gasteiger partial charge in [0.15, 0.2) is 0 Å². The van der Waals surface area contributed by atoms with Crippen LogP contribution in [-0.4, -0.2) is 24.4 Å². The van der Waals surface area contributed by atoms with E-state index in [1.54, 1.807) is 0 Å². The maximum Gasteiger partial charge on any atom is 0.243 e. The van der Waals surface area contributed by atoms with Crippen molar-refractivity contribution < 1.29 is 9.59 Å². The number of amides is 2. The number of rotatable bonds is 5. The molecule has 2 amide bonds. The summed E-state index contributed by atoms with van der Waals surface area (Å²) in [7, 11) is 0. The van der Waals surface area contributed by atoms with Crippen LogP contribution in [0.15, 0.2) is 12.7 Å². The first kappa shape index (κ1) is 11.7. The number of hydrogen-bond acceptors (Lipinski definition) is 2. The van der Waals surface area contributed by atoms with E-state index in [1.807, 2.05) is 13.8 Å². The van der Waals surface area contributed by atoms with Crippen molar-refractivity contribution in [2.24, 2.45) is 0 Å². The summed E-state index contributed by atoms with van der Waals surface area (Å²) in [4.78, 5) is 21.7. The average molecular weight is 184 g/mol. The second kappa shape index (κ2) is 6.22. The minimum atomic E-state index is -0.252. The number of hydrogen-bond donors (Lipinski definition) is 2. The molecule has 0 atom stereocenters. The Labute approximate surface area is 78.4 Å². The fourth-order valence-electron chi connectivity index (χ4n) is 0.766. The summed E-state index contributed by atoms with van der Waals surface area (Å²) >= 11 is 0. The lowest BCUT2D eigenvalue weighted by atomic mass is 10.3. The van der Waals surface area contributed by atoms with E-state index in [1.165, 1.54) is 6.08 Å². The van der Waals surface area contributed by atoms with Gasteiger partial charge >= 0.3 is 0 Å². The summed E-state index contributed by atoms with van der Waals surface area (Å²) in [5.41, 5.74) is 0. The third kappa shape index (κ3) is 7.05. The largest absolute Gasteiger partial charge is 0.354 e. The van der Waals surface area contributed by atoms with Crippen LogP contribution in [0.3, 0.4) is 0 Å². The highest BCUT2D eigenvalue weighted by atomic mass is 16.2. The van der Waals surface area contributed by atoms with E-state index in [0.29, 0.717) is 13.0 Å². The molecule has 0 saturated heterocycles. The molecule has 0 rings (SSSR count).